The van der Waals surface area contributed by atoms with E-state index in [1.807, 2.05) is 0 Å². The first kappa shape index (κ1) is 12.6. The van der Waals surface area contributed by atoms with E-state index in [0.29, 0.717) is 37.6 Å². The van der Waals surface area contributed by atoms with Gasteiger partial charge in [-0.1, -0.05) is 5.16 Å². The Morgan fingerprint density at radius 2 is 2.31 bits per heavy atom. The van der Waals surface area contributed by atoms with Crippen molar-refractivity contribution < 1.29 is 9.32 Å². The first-order valence-electron chi connectivity index (χ1n) is 5.48. The first-order valence-corrected chi connectivity index (χ1v) is 5.48. The number of hydrogen-bond donors (Lipinski definition) is 2. The smallest absolute Gasteiger partial charge is 0.228 e. The van der Waals surface area contributed by atoms with E-state index in [4.69, 9.17) is 10.3 Å². The summed E-state index contributed by atoms with van der Waals surface area (Å²) in [5.41, 5.74) is 5.33. The number of aryl methyl sites for hydroxylation is 1. The van der Waals surface area contributed by atoms with Crippen LogP contribution in [-0.2, 0) is 11.2 Å². The lowest BCUT2D eigenvalue weighted by atomic mass is 10.2. The Bertz CT molecular complexity index is 324. The van der Waals surface area contributed by atoms with Crippen LogP contribution in [0.15, 0.2) is 4.52 Å². The Labute approximate surface area is 94.6 Å². The van der Waals surface area contributed by atoms with Crippen LogP contribution in [0.2, 0.25) is 0 Å². The van der Waals surface area contributed by atoms with Crippen molar-refractivity contribution in [3.8, 4) is 0 Å². The number of carbonyl (C=O) groups excluding carboxylic acids is 1. The van der Waals surface area contributed by atoms with E-state index in [-0.39, 0.29) is 5.91 Å². The Kier molecular flexibility index (Phi) is 5.49. The normalized spacial score (nSPS) is 10.4. The van der Waals surface area contributed by atoms with E-state index >= 15 is 0 Å². The van der Waals surface area contributed by atoms with E-state index < -0.39 is 0 Å². The molecule has 0 aromatic carbocycles. The van der Waals surface area contributed by atoms with Gasteiger partial charge in [0.15, 0.2) is 5.82 Å². The maximum absolute atomic E-state index is 11.3. The molecular weight excluding hydrogens is 208 g/mol. The van der Waals surface area contributed by atoms with Crippen LogP contribution in [0.4, 0.5) is 0 Å². The van der Waals surface area contributed by atoms with Gasteiger partial charge < -0.3 is 15.6 Å². The Balaban J connectivity index is 2.08. The third-order valence-corrected chi connectivity index (χ3v) is 2.09. The minimum Gasteiger partial charge on any atom is -0.356 e. The second-order valence-corrected chi connectivity index (χ2v) is 3.58. The van der Waals surface area contributed by atoms with Gasteiger partial charge in [0.05, 0.1) is 0 Å². The number of amides is 1. The van der Waals surface area contributed by atoms with E-state index in [1.54, 1.807) is 6.92 Å². The minimum atomic E-state index is 0.0460. The van der Waals surface area contributed by atoms with Gasteiger partial charge >= 0.3 is 0 Å². The summed E-state index contributed by atoms with van der Waals surface area (Å²) < 4.78 is 4.92. The van der Waals surface area contributed by atoms with Crippen LogP contribution in [0, 0.1) is 6.92 Å². The molecule has 1 amide bonds. The number of carbonyl (C=O) groups is 1. The second-order valence-electron chi connectivity index (χ2n) is 3.58. The van der Waals surface area contributed by atoms with E-state index in [1.165, 1.54) is 0 Å². The fraction of sp³-hybridized carbons (Fsp3) is 0.700. The minimum absolute atomic E-state index is 0.0460. The zero-order valence-corrected chi connectivity index (χ0v) is 9.53. The van der Waals surface area contributed by atoms with Crippen molar-refractivity contribution in [3.05, 3.63) is 11.7 Å². The van der Waals surface area contributed by atoms with Gasteiger partial charge in [-0.2, -0.15) is 4.98 Å². The summed E-state index contributed by atoms with van der Waals surface area (Å²) in [5, 5.41) is 6.45. The van der Waals surface area contributed by atoms with E-state index in [0.717, 1.165) is 12.8 Å². The molecule has 90 valence electrons. The van der Waals surface area contributed by atoms with Crippen LogP contribution in [0.25, 0.3) is 0 Å². The van der Waals surface area contributed by atoms with Crippen LogP contribution >= 0.6 is 0 Å². The molecule has 6 nitrogen and oxygen atoms in total. The van der Waals surface area contributed by atoms with Crippen molar-refractivity contribution in [2.45, 2.75) is 32.6 Å². The summed E-state index contributed by atoms with van der Waals surface area (Å²) in [4.78, 5) is 15.3. The van der Waals surface area contributed by atoms with Gasteiger partial charge in [-0.05, 0) is 26.3 Å². The van der Waals surface area contributed by atoms with Crippen LogP contribution in [-0.4, -0.2) is 29.1 Å². The summed E-state index contributed by atoms with van der Waals surface area (Å²) >= 11 is 0. The molecule has 1 aromatic heterocycles. The molecular formula is C10H18N4O2. The topological polar surface area (TPSA) is 94.0 Å². The van der Waals surface area contributed by atoms with Gasteiger partial charge in [-0.3, -0.25) is 4.79 Å². The predicted molar refractivity (Wildman–Crippen MR) is 58.7 cm³/mol. The maximum atomic E-state index is 11.3. The van der Waals surface area contributed by atoms with Gasteiger partial charge in [-0.25, -0.2) is 0 Å². The molecule has 0 radical (unpaired) electrons. The molecule has 3 N–H and O–H groups in total. The molecule has 0 aliphatic carbocycles. The summed E-state index contributed by atoms with van der Waals surface area (Å²) in [5.74, 6) is 1.22. The van der Waals surface area contributed by atoms with E-state index in [9.17, 15) is 4.79 Å². The number of aromatic nitrogens is 2. The Morgan fingerprint density at radius 1 is 1.50 bits per heavy atom. The fourth-order valence-electron chi connectivity index (χ4n) is 1.27. The number of nitrogens with two attached hydrogens (primary N) is 1. The molecule has 0 spiro atoms. The summed E-state index contributed by atoms with van der Waals surface area (Å²) in [6.45, 7) is 2.93. The Morgan fingerprint density at radius 3 is 2.94 bits per heavy atom. The van der Waals surface area contributed by atoms with Gasteiger partial charge in [0, 0.05) is 19.4 Å². The number of rotatable bonds is 7. The lowest BCUT2D eigenvalue weighted by Crippen LogP contribution is -2.25. The number of hydrogen-bond acceptors (Lipinski definition) is 5. The average molecular weight is 226 g/mol. The van der Waals surface area contributed by atoms with Crippen molar-refractivity contribution in [1.82, 2.24) is 15.5 Å². The monoisotopic (exact) mass is 226 g/mol. The maximum Gasteiger partial charge on any atom is 0.228 e. The van der Waals surface area contributed by atoms with Crippen molar-refractivity contribution in [1.29, 1.82) is 0 Å². The van der Waals surface area contributed by atoms with Crippen molar-refractivity contribution >= 4 is 5.91 Å². The highest BCUT2D eigenvalue weighted by Crippen LogP contribution is 1.96. The average Bonchev–Trinajstić information content (AvgIpc) is 2.65. The summed E-state index contributed by atoms with van der Waals surface area (Å²) in [7, 11) is 0. The fourth-order valence-corrected chi connectivity index (χ4v) is 1.27. The summed E-state index contributed by atoms with van der Waals surface area (Å²) in [6.07, 6.45) is 2.82. The van der Waals surface area contributed by atoms with Crippen molar-refractivity contribution in [3.63, 3.8) is 0 Å². The zero-order valence-electron chi connectivity index (χ0n) is 9.53. The van der Waals surface area contributed by atoms with Crippen LogP contribution in [0.5, 0.6) is 0 Å². The van der Waals surface area contributed by atoms with Gasteiger partial charge in [0.25, 0.3) is 0 Å². The number of nitrogens with one attached hydrogen (secondary N) is 1. The van der Waals surface area contributed by atoms with Crippen LogP contribution in [0.1, 0.15) is 31.0 Å². The van der Waals surface area contributed by atoms with Crippen molar-refractivity contribution in [2.24, 2.45) is 5.73 Å². The third-order valence-electron chi connectivity index (χ3n) is 2.09. The highest BCUT2D eigenvalue weighted by atomic mass is 16.5. The van der Waals surface area contributed by atoms with Gasteiger partial charge in [0.2, 0.25) is 11.8 Å². The zero-order chi connectivity index (χ0) is 11.8. The molecule has 1 rings (SSSR count). The lowest BCUT2D eigenvalue weighted by molar-refractivity contribution is -0.121. The number of unbranched alkanes of at least 4 members (excludes halogenated alkanes) is 1. The van der Waals surface area contributed by atoms with Gasteiger partial charge in [-0.15, -0.1) is 0 Å². The highest BCUT2D eigenvalue weighted by molar-refractivity contribution is 5.75. The highest BCUT2D eigenvalue weighted by Gasteiger charge is 2.04. The molecule has 1 heterocycles. The molecule has 0 saturated carbocycles. The van der Waals surface area contributed by atoms with Gasteiger partial charge in [0.1, 0.15) is 0 Å². The third kappa shape index (κ3) is 4.88. The molecule has 0 atom stereocenters. The largest absolute Gasteiger partial charge is 0.356 e. The molecule has 16 heavy (non-hydrogen) atoms. The SMILES string of the molecule is Cc1noc(CCNC(=O)CCCCN)n1. The number of nitrogens with zero attached hydrogens (tertiary/aromatic N) is 2. The summed E-state index contributed by atoms with van der Waals surface area (Å²) in [6, 6.07) is 0. The van der Waals surface area contributed by atoms with Crippen LogP contribution in [0.3, 0.4) is 0 Å². The Hall–Kier alpha value is -1.43. The second kappa shape index (κ2) is 6.95. The molecule has 0 fully saturated rings. The molecule has 1 aromatic rings. The van der Waals surface area contributed by atoms with Crippen molar-refractivity contribution in [2.75, 3.05) is 13.1 Å². The molecule has 6 heteroatoms. The molecule has 0 unspecified atom stereocenters. The quantitative estimate of drug-likeness (QED) is 0.646. The standard InChI is InChI=1S/C10H18N4O2/c1-8-13-10(16-14-8)5-7-12-9(15)4-2-3-6-11/h2-7,11H2,1H3,(H,12,15). The molecule has 0 aliphatic heterocycles. The molecule has 0 bridgehead atoms. The predicted octanol–water partition coefficient (Wildman–Crippen LogP) is 0.166. The lowest BCUT2D eigenvalue weighted by Gasteiger charge is -2.02. The van der Waals surface area contributed by atoms with Crippen LogP contribution < -0.4 is 11.1 Å². The first-order chi connectivity index (χ1) is 7.72. The molecule has 0 saturated heterocycles. The molecule has 0 aliphatic rings. The van der Waals surface area contributed by atoms with E-state index in [2.05, 4.69) is 15.5 Å².